The number of nitrogens with zero attached hydrogens (tertiary/aromatic N) is 2. The first-order valence-corrected chi connectivity index (χ1v) is 4.48. The summed E-state index contributed by atoms with van der Waals surface area (Å²) in [6.07, 6.45) is -4.17. The van der Waals surface area contributed by atoms with E-state index in [1.807, 2.05) is 0 Å². The van der Waals surface area contributed by atoms with E-state index in [2.05, 4.69) is 9.72 Å². The molecular formula is C9H9F3N4O. The molecular weight excluding hydrogens is 237 g/mol. The van der Waals surface area contributed by atoms with Crippen LogP contribution in [0.4, 0.5) is 18.9 Å². The lowest BCUT2D eigenvalue weighted by atomic mass is 10.1. The van der Waals surface area contributed by atoms with Gasteiger partial charge in [0.1, 0.15) is 0 Å². The molecule has 0 bridgehead atoms. The molecule has 17 heavy (non-hydrogen) atoms. The Labute approximate surface area is 94.8 Å². The minimum Gasteiger partial charge on any atom is -0.403 e. The van der Waals surface area contributed by atoms with Crippen molar-refractivity contribution >= 4 is 5.69 Å². The maximum Gasteiger partial charge on any atom is 0.573 e. The molecule has 0 saturated carbocycles. The van der Waals surface area contributed by atoms with Gasteiger partial charge in [0, 0.05) is 12.1 Å². The van der Waals surface area contributed by atoms with Crippen LogP contribution in [-0.2, 0) is 13.0 Å². The largest absolute Gasteiger partial charge is 0.573 e. The summed E-state index contributed by atoms with van der Waals surface area (Å²) < 4.78 is 40.3. The normalized spacial score (nSPS) is 11.0. The van der Waals surface area contributed by atoms with E-state index < -0.39 is 12.1 Å². The Kier molecular flexibility index (Phi) is 3.75. The second-order valence-corrected chi connectivity index (χ2v) is 3.05. The van der Waals surface area contributed by atoms with Gasteiger partial charge in [0.15, 0.2) is 5.75 Å². The topological polar surface area (TPSA) is 98.0 Å². The van der Waals surface area contributed by atoms with E-state index in [9.17, 15) is 13.2 Å². The van der Waals surface area contributed by atoms with Crippen LogP contribution in [0, 0.1) is 11.3 Å². The number of rotatable bonds is 3. The molecule has 0 aliphatic rings. The van der Waals surface area contributed by atoms with Gasteiger partial charge in [-0.1, -0.05) is 0 Å². The zero-order chi connectivity index (χ0) is 13.1. The van der Waals surface area contributed by atoms with Gasteiger partial charge in [0.05, 0.1) is 30.1 Å². The quantitative estimate of drug-likeness (QED) is 0.831. The van der Waals surface area contributed by atoms with E-state index in [0.29, 0.717) is 0 Å². The number of pyridine rings is 1. The van der Waals surface area contributed by atoms with Crippen molar-refractivity contribution in [3.05, 3.63) is 17.5 Å². The minimum absolute atomic E-state index is 0.0349. The molecule has 4 N–H and O–H groups in total. The first-order chi connectivity index (χ1) is 7.89. The fraction of sp³-hybridized carbons (Fsp3) is 0.333. The molecule has 0 aliphatic heterocycles. The Morgan fingerprint density at radius 2 is 2.12 bits per heavy atom. The molecule has 1 rings (SSSR count). The van der Waals surface area contributed by atoms with Crippen LogP contribution in [0.5, 0.6) is 5.75 Å². The third kappa shape index (κ3) is 3.22. The molecule has 5 nitrogen and oxygen atoms in total. The van der Waals surface area contributed by atoms with Crippen LogP contribution >= 0.6 is 0 Å². The SMILES string of the molecule is N#CCc1c(CN)ncc(N)c1OC(F)(F)F. The van der Waals surface area contributed by atoms with Crippen molar-refractivity contribution in [3.8, 4) is 11.8 Å². The summed E-state index contributed by atoms with van der Waals surface area (Å²) in [6, 6.07) is 1.71. The Hall–Kier alpha value is -2.01. The van der Waals surface area contributed by atoms with Gasteiger partial charge in [-0.3, -0.25) is 4.98 Å². The fourth-order valence-electron chi connectivity index (χ4n) is 1.26. The molecule has 1 aromatic rings. The average molecular weight is 246 g/mol. The second kappa shape index (κ2) is 4.88. The van der Waals surface area contributed by atoms with Gasteiger partial charge in [-0.25, -0.2) is 0 Å². The predicted octanol–water partition coefficient (Wildman–Crippen LogP) is 1.09. The highest BCUT2D eigenvalue weighted by Crippen LogP contribution is 2.33. The van der Waals surface area contributed by atoms with E-state index in [1.165, 1.54) is 0 Å². The zero-order valence-electron chi connectivity index (χ0n) is 8.58. The summed E-state index contributed by atoms with van der Waals surface area (Å²) in [7, 11) is 0. The number of halogens is 3. The number of hydrogen-bond acceptors (Lipinski definition) is 5. The lowest BCUT2D eigenvalue weighted by Gasteiger charge is -2.15. The number of nitrogens with two attached hydrogens (primary N) is 2. The van der Waals surface area contributed by atoms with E-state index in [-0.39, 0.29) is 29.9 Å². The number of alkyl halides is 3. The number of anilines is 1. The number of ether oxygens (including phenoxy) is 1. The molecule has 0 fully saturated rings. The molecule has 0 unspecified atom stereocenters. The Morgan fingerprint density at radius 3 is 2.59 bits per heavy atom. The Bertz CT molecular complexity index is 453. The van der Waals surface area contributed by atoms with Crippen molar-refractivity contribution in [2.45, 2.75) is 19.3 Å². The number of aromatic nitrogens is 1. The van der Waals surface area contributed by atoms with E-state index in [0.717, 1.165) is 6.20 Å². The monoisotopic (exact) mass is 246 g/mol. The number of nitrogen functional groups attached to an aromatic ring is 1. The fourth-order valence-corrected chi connectivity index (χ4v) is 1.26. The minimum atomic E-state index is -4.88. The summed E-state index contributed by atoms with van der Waals surface area (Å²) in [5.41, 5.74) is 10.5. The van der Waals surface area contributed by atoms with Crippen molar-refractivity contribution in [2.75, 3.05) is 5.73 Å². The maximum atomic E-state index is 12.2. The standard InChI is InChI=1S/C9H9F3N4O/c10-9(11,12)17-8-5(1-2-13)7(3-14)16-4-6(8)15/h4H,1,3,14-15H2. The van der Waals surface area contributed by atoms with Gasteiger partial charge in [-0.15, -0.1) is 13.2 Å². The Balaban J connectivity index is 3.29. The third-order valence-corrected chi connectivity index (χ3v) is 1.91. The summed E-state index contributed by atoms with van der Waals surface area (Å²) in [6.45, 7) is -0.106. The van der Waals surface area contributed by atoms with Crippen LogP contribution in [0.1, 0.15) is 11.3 Å². The third-order valence-electron chi connectivity index (χ3n) is 1.91. The number of nitriles is 1. The van der Waals surface area contributed by atoms with Gasteiger partial charge >= 0.3 is 6.36 Å². The van der Waals surface area contributed by atoms with Crippen LogP contribution in [0.3, 0.4) is 0 Å². The van der Waals surface area contributed by atoms with E-state index in [4.69, 9.17) is 16.7 Å². The molecule has 1 aromatic heterocycles. The van der Waals surface area contributed by atoms with Crippen LogP contribution in [0.25, 0.3) is 0 Å². The molecule has 0 amide bonds. The van der Waals surface area contributed by atoms with Crippen LogP contribution in [-0.4, -0.2) is 11.3 Å². The molecule has 1 heterocycles. The first kappa shape index (κ1) is 13.1. The smallest absolute Gasteiger partial charge is 0.403 e. The highest BCUT2D eigenvalue weighted by Gasteiger charge is 2.33. The highest BCUT2D eigenvalue weighted by atomic mass is 19.4. The van der Waals surface area contributed by atoms with Crippen LogP contribution in [0.15, 0.2) is 6.20 Å². The van der Waals surface area contributed by atoms with Crippen LogP contribution < -0.4 is 16.2 Å². The zero-order valence-corrected chi connectivity index (χ0v) is 8.58. The lowest BCUT2D eigenvalue weighted by Crippen LogP contribution is -2.20. The van der Waals surface area contributed by atoms with Crippen LogP contribution in [0.2, 0.25) is 0 Å². The maximum absolute atomic E-state index is 12.2. The molecule has 0 aliphatic carbocycles. The van der Waals surface area contributed by atoms with Crippen molar-refractivity contribution in [1.82, 2.24) is 4.98 Å². The van der Waals surface area contributed by atoms with Crippen molar-refractivity contribution < 1.29 is 17.9 Å². The van der Waals surface area contributed by atoms with E-state index >= 15 is 0 Å². The molecule has 0 saturated heterocycles. The lowest BCUT2D eigenvalue weighted by molar-refractivity contribution is -0.274. The molecule has 0 radical (unpaired) electrons. The van der Waals surface area contributed by atoms with Gasteiger partial charge in [-0.05, 0) is 0 Å². The predicted molar refractivity (Wildman–Crippen MR) is 52.5 cm³/mol. The van der Waals surface area contributed by atoms with Gasteiger partial charge in [0.25, 0.3) is 0 Å². The van der Waals surface area contributed by atoms with Gasteiger partial charge in [0.2, 0.25) is 0 Å². The van der Waals surface area contributed by atoms with Gasteiger partial charge in [-0.2, -0.15) is 5.26 Å². The van der Waals surface area contributed by atoms with Crippen molar-refractivity contribution in [1.29, 1.82) is 5.26 Å². The van der Waals surface area contributed by atoms with Crippen molar-refractivity contribution in [2.24, 2.45) is 5.73 Å². The molecule has 92 valence electrons. The summed E-state index contributed by atoms with van der Waals surface area (Å²) in [5, 5.41) is 8.56. The molecule has 0 atom stereocenters. The summed E-state index contributed by atoms with van der Waals surface area (Å²) in [5.74, 6) is -0.602. The molecule has 0 spiro atoms. The second-order valence-electron chi connectivity index (χ2n) is 3.05. The molecule has 0 aromatic carbocycles. The van der Waals surface area contributed by atoms with Gasteiger partial charge < -0.3 is 16.2 Å². The van der Waals surface area contributed by atoms with E-state index in [1.54, 1.807) is 6.07 Å². The number of hydrogen-bond donors (Lipinski definition) is 2. The van der Waals surface area contributed by atoms with Crippen molar-refractivity contribution in [3.63, 3.8) is 0 Å². The Morgan fingerprint density at radius 1 is 1.47 bits per heavy atom. The highest BCUT2D eigenvalue weighted by molar-refractivity contribution is 5.57. The molecule has 8 heteroatoms. The first-order valence-electron chi connectivity index (χ1n) is 4.48. The summed E-state index contributed by atoms with van der Waals surface area (Å²) in [4.78, 5) is 3.76. The average Bonchev–Trinajstić information content (AvgIpc) is 2.22. The summed E-state index contributed by atoms with van der Waals surface area (Å²) >= 11 is 0.